The van der Waals surface area contributed by atoms with Gasteiger partial charge >= 0.3 is 0 Å². The molecule has 0 unspecified atom stereocenters. The van der Waals surface area contributed by atoms with Crippen LogP contribution in [-0.4, -0.2) is 45.7 Å². The van der Waals surface area contributed by atoms with Crippen LogP contribution in [0.5, 0.6) is 5.75 Å². The summed E-state index contributed by atoms with van der Waals surface area (Å²) in [6.07, 6.45) is 1.01. The summed E-state index contributed by atoms with van der Waals surface area (Å²) in [5.74, 6) is 0.331. The zero-order valence-corrected chi connectivity index (χ0v) is 16.5. The molecule has 1 amide bonds. The molecular formula is C17H18Cl2N2O4S. The van der Waals surface area contributed by atoms with Crippen LogP contribution in [0.2, 0.25) is 10.0 Å². The van der Waals surface area contributed by atoms with Crippen LogP contribution in [0.1, 0.15) is 10.4 Å². The summed E-state index contributed by atoms with van der Waals surface area (Å²) >= 11 is 11.9. The molecule has 6 nitrogen and oxygen atoms in total. The van der Waals surface area contributed by atoms with Crippen LogP contribution >= 0.6 is 23.2 Å². The van der Waals surface area contributed by atoms with Crippen LogP contribution in [0.15, 0.2) is 42.5 Å². The van der Waals surface area contributed by atoms with Gasteiger partial charge in [0.2, 0.25) is 10.0 Å². The fraction of sp³-hybridized carbons (Fsp3) is 0.235. The Labute approximate surface area is 162 Å². The summed E-state index contributed by atoms with van der Waals surface area (Å²) in [4.78, 5) is 14.0. The van der Waals surface area contributed by atoms with Crippen molar-refractivity contribution >= 4 is 44.8 Å². The number of nitrogens with zero attached hydrogens (tertiary/aromatic N) is 1. The van der Waals surface area contributed by atoms with Crippen LogP contribution in [0.25, 0.3) is 0 Å². The first-order chi connectivity index (χ1) is 12.2. The number of carbonyl (C=O) groups excluding carboxylic acids is 1. The summed E-state index contributed by atoms with van der Waals surface area (Å²) in [6.45, 7) is 0.618. The van der Waals surface area contributed by atoms with Gasteiger partial charge in [-0.2, -0.15) is 0 Å². The third-order valence-electron chi connectivity index (χ3n) is 3.35. The van der Waals surface area contributed by atoms with Crippen LogP contribution in [0, 0.1) is 0 Å². The van der Waals surface area contributed by atoms with Gasteiger partial charge in [-0.15, -0.1) is 0 Å². The smallest absolute Gasteiger partial charge is 0.253 e. The molecule has 0 radical (unpaired) electrons. The number of ether oxygens (including phenoxy) is 1. The van der Waals surface area contributed by atoms with E-state index in [1.54, 1.807) is 31.3 Å². The lowest BCUT2D eigenvalue weighted by Gasteiger charge is -2.18. The molecule has 2 aromatic carbocycles. The Balaban J connectivity index is 2.00. The third-order valence-corrected chi connectivity index (χ3v) is 4.50. The second-order valence-corrected chi connectivity index (χ2v) is 8.19. The topological polar surface area (TPSA) is 75.7 Å². The van der Waals surface area contributed by atoms with E-state index in [9.17, 15) is 13.2 Å². The summed E-state index contributed by atoms with van der Waals surface area (Å²) in [5.41, 5.74) is 0.467. The van der Waals surface area contributed by atoms with Crippen molar-refractivity contribution in [3.8, 4) is 5.75 Å². The van der Waals surface area contributed by atoms with Crippen molar-refractivity contribution in [3.63, 3.8) is 0 Å². The summed E-state index contributed by atoms with van der Waals surface area (Å²) in [5, 5.41) is 0.776. The molecule has 140 valence electrons. The van der Waals surface area contributed by atoms with Crippen molar-refractivity contribution < 1.29 is 17.9 Å². The number of amides is 1. The number of halogens is 2. The number of likely N-dealkylation sites (N-methyl/N-ethyl adjacent to an activating group) is 1. The molecule has 0 heterocycles. The zero-order chi connectivity index (χ0) is 19.3. The van der Waals surface area contributed by atoms with Gasteiger partial charge in [0, 0.05) is 17.6 Å². The number of hydrogen-bond acceptors (Lipinski definition) is 4. The molecule has 0 aromatic heterocycles. The SMILES string of the molecule is CN(CCOc1cccc(Cl)c1)C(=O)c1ccc(Cl)c(NS(C)(=O)=O)c1. The molecule has 26 heavy (non-hydrogen) atoms. The number of carbonyl (C=O) groups is 1. The van der Waals surface area contributed by atoms with Crippen LogP contribution < -0.4 is 9.46 Å². The second kappa shape index (κ2) is 8.62. The van der Waals surface area contributed by atoms with Gasteiger partial charge in [0.15, 0.2) is 0 Å². The first-order valence-electron chi connectivity index (χ1n) is 7.57. The molecule has 0 aliphatic heterocycles. The normalized spacial score (nSPS) is 11.1. The van der Waals surface area contributed by atoms with E-state index >= 15 is 0 Å². The Morgan fingerprint density at radius 3 is 2.58 bits per heavy atom. The molecule has 0 aliphatic carbocycles. The molecule has 0 spiro atoms. The van der Waals surface area contributed by atoms with Crippen molar-refractivity contribution in [2.45, 2.75) is 0 Å². The van der Waals surface area contributed by atoms with Gasteiger partial charge in [0.1, 0.15) is 12.4 Å². The highest BCUT2D eigenvalue weighted by Crippen LogP contribution is 2.24. The van der Waals surface area contributed by atoms with Crippen molar-refractivity contribution in [2.24, 2.45) is 0 Å². The summed E-state index contributed by atoms with van der Waals surface area (Å²) in [6, 6.07) is 11.4. The fourth-order valence-corrected chi connectivity index (χ4v) is 3.08. The lowest BCUT2D eigenvalue weighted by atomic mass is 10.2. The molecular weight excluding hydrogens is 399 g/mol. The Bertz CT molecular complexity index is 903. The van der Waals surface area contributed by atoms with Crippen molar-refractivity contribution in [1.29, 1.82) is 0 Å². The average molecular weight is 417 g/mol. The van der Waals surface area contributed by atoms with E-state index in [0.29, 0.717) is 22.9 Å². The van der Waals surface area contributed by atoms with E-state index in [-0.39, 0.29) is 23.2 Å². The molecule has 1 N–H and O–H groups in total. The number of hydrogen-bond donors (Lipinski definition) is 1. The maximum absolute atomic E-state index is 12.5. The van der Waals surface area contributed by atoms with Crippen LogP contribution in [-0.2, 0) is 10.0 Å². The highest BCUT2D eigenvalue weighted by Gasteiger charge is 2.15. The number of anilines is 1. The lowest BCUT2D eigenvalue weighted by Crippen LogP contribution is -2.31. The molecule has 2 rings (SSSR count). The van der Waals surface area contributed by atoms with E-state index < -0.39 is 10.0 Å². The number of nitrogens with one attached hydrogen (secondary N) is 1. The second-order valence-electron chi connectivity index (χ2n) is 5.60. The van der Waals surface area contributed by atoms with E-state index in [1.807, 2.05) is 0 Å². The lowest BCUT2D eigenvalue weighted by molar-refractivity contribution is 0.0774. The highest BCUT2D eigenvalue weighted by molar-refractivity contribution is 7.92. The molecule has 0 atom stereocenters. The third kappa shape index (κ3) is 6.09. The largest absolute Gasteiger partial charge is 0.492 e. The maximum Gasteiger partial charge on any atom is 0.253 e. The van der Waals surface area contributed by atoms with Gasteiger partial charge in [0.25, 0.3) is 5.91 Å². The minimum atomic E-state index is -3.50. The van der Waals surface area contributed by atoms with Crippen molar-refractivity contribution in [3.05, 3.63) is 58.1 Å². The van der Waals surface area contributed by atoms with Gasteiger partial charge in [-0.3, -0.25) is 9.52 Å². The summed E-state index contributed by atoms with van der Waals surface area (Å²) < 4.78 is 30.6. The quantitative estimate of drug-likeness (QED) is 0.748. The number of rotatable bonds is 7. The van der Waals surface area contributed by atoms with Crippen LogP contribution in [0.4, 0.5) is 5.69 Å². The number of sulfonamides is 1. The van der Waals surface area contributed by atoms with Crippen molar-refractivity contribution in [1.82, 2.24) is 4.90 Å². The monoisotopic (exact) mass is 416 g/mol. The Kier molecular flexibility index (Phi) is 6.75. The van der Waals surface area contributed by atoms with Gasteiger partial charge in [-0.05, 0) is 36.4 Å². The first-order valence-corrected chi connectivity index (χ1v) is 10.2. The molecule has 9 heteroatoms. The minimum absolute atomic E-state index is 0.156. The van der Waals surface area contributed by atoms with Gasteiger partial charge in [0.05, 0.1) is 23.5 Å². The molecule has 0 saturated heterocycles. The zero-order valence-electron chi connectivity index (χ0n) is 14.2. The van der Waals surface area contributed by atoms with Gasteiger partial charge in [-0.1, -0.05) is 29.3 Å². The number of benzene rings is 2. The standard InChI is InChI=1S/C17H18Cl2N2O4S/c1-21(8-9-25-14-5-3-4-13(18)11-14)17(22)12-6-7-15(19)16(10-12)20-26(2,23)24/h3-7,10-11,20H,8-9H2,1-2H3. The van der Waals surface area contributed by atoms with E-state index in [1.165, 1.54) is 23.1 Å². The predicted molar refractivity (Wildman–Crippen MR) is 104 cm³/mol. The fourth-order valence-electron chi connectivity index (χ4n) is 2.12. The molecule has 0 bridgehead atoms. The van der Waals surface area contributed by atoms with E-state index in [2.05, 4.69) is 4.72 Å². The Morgan fingerprint density at radius 2 is 1.92 bits per heavy atom. The molecule has 0 fully saturated rings. The van der Waals surface area contributed by atoms with Gasteiger partial charge in [-0.25, -0.2) is 8.42 Å². The summed E-state index contributed by atoms with van der Waals surface area (Å²) in [7, 11) is -1.87. The predicted octanol–water partition coefficient (Wildman–Crippen LogP) is 3.52. The minimum Gasteiger partial charge on any atom is -0.492 e. The molecule has 2 aromatic rings. The maximum atomic E-state index is 12.5. The molecule has 0 aliphatic rings. The first kappa shape index (κ1) is 20.4. The van der Waals surface area contributed by atoms with E-state index in [4.69, 9.17) is 27.9 Å². The van der Waals surface area contributed by atoms with E-state index in [0.717, 1.165) is 6.26 Å². The highest BCUT2D eigenvalue weighted by atomic mass is 35.5. The Morgan fingerprint density at radius 1 is 1.19 bits per heavy atom. The van der Waals surface area contributed by atoms with Gasteiger partial charge < -0.3 is 9.64 Å². The molecule has 0 saturated carbocycles. The van der Waals surface area contributed by atoms with Crippen molar-refractivity contribution in [2.75, 3.05) is 31.2 Å². The Hall–Kier alpha value is -1.96. The van der Waals surface area contributed by atoms with Crippen LogP contribution in [0.3, 0.4) is 0 Å². The average Bonchev–Trinajstić information content (AvgIpc) is 2.55.